The number of hydrogen-bond acceptors (Lipinski definition) is 6. The zero-order valence-electron chi connectivity index (χ0n) is 12.9. The molecule has 24 heavy (non-hydrogen) atoms. The average molecular weight is 340 g/mol. The van der Waals surface area contributed by atoms with Crippen molar-refractivity contribution in [3.05, 3.63) is 53.2 Å². The standard InChI is InChI=1S/C16H16N6OS/c23-16(13-3-1-10-24-13)21-8-6-20(7-9-21)14-11-15(18-12-17-14)22-5-2-4-19-22/h1-5,10-12H,6-9H2. The maximum Gasteiger partial charge on any atom is 0.264 e. The average Bonchev–Trinajstić information content (AvgIpc) is 3.35. The Kier molecular flexibility index (Phi) is 3.96. The van der Waals surface area contributed by atoms with Gasteiger partial charge in [-0.1, -0.05) is 6.07 Å². The lowest BCUT2D eigenvalue weighted by Crippen LogP contribution is -2.48. The first-order valence-corrected chi connectivity index (χ1v) is 8.59. The summed E-state index contributed by atoms with van der Waals surface area (Å²) in [6.07, 6.45) is 5.12. The molecule has 1 aliphatic heterocycles. The van der Waals surface area contributed by atoms with Crippen LogP contribution in [0.5, 0.6) is 0 Å². The molecule has 4 heterocycles. The number of thiophene rings is 1. The van der Waals surface area contributed by atoms with Gasteiger partial charge >= 0.3 is 0 Å². The first-order chi connectivity index (χ1) is 11.8. The van der Waals surface area contributed by atoms with Crippen molar-refractivity contribution >= 4 is 23.1 Å². The first kappa shape index (κ1) is 14.8. The molecule has 1 saturated heterocycles. The Morgan fingerprint density at radius 3 is 2.62 bits per heavy atom. The van der Waals surface area contributed by atoms with E-state index in [4.69, 9.17) is 0 Å². The lowest BCUT2D eigenvalue weighted by atomic mass is 10.3. The molecule has 8 heteroatoms. The first-order valence-electron chi connectivity index (χ1n) is 7.71. The second-order valence-electron chi connectivity index (χ2n) is 5.44. The molecule has 0 aliphatic carbocycles. The number of aromatic nitrogens is 4. The molecule has 122 valence electrons. The van der Waals surface area contributed by atoms with E-state index in [0.29, 0.717) is 13.1 Å². The Balaban J connectivity index is 1.44. The van der Waals surface area contributed by atoms with Crippen molar-refractivity contribution in [1.82, 2.24) is 24.6 Å². The summed E-state index contributed by atoms with van der Waals surface area (Å²) in [7, 11) is 0. The molecule has 4 rings (SSSR count). The quantitative estimate of drug-likeness (QED) is 0.726. The number of nitrogens with zero attached hydrogens (tertiary/aromatic N) is 6. The van der Waals surface area contributed by atoms with Crippen molar-refractivity contribution in [3.63, 3.8) is 0 Å². The van der Waals surface area contributed by atoms with Crippen LogP contribution in [0, 0.1) is 0 Å². The van der Waals surface area contributed by atoms with Gasteiger partial charge in [-0.2, -0.15) is 5.10 Å². The minimum Gasteiger partial charge on any atom is -0.353 e. The molecule has 0 N–H and O–H groups in total. The molecule has 0 unspecified atom stereocenters. The molecule has 7 nitrogen and oxygen atoms in total. The maximum atomic E-state index is 12.4. The minimum absolute atomic E-state index is 0.115. The Morgan fingerprint density at radius 1 is 1.08 bits per heavy atom. The Morgan fingerprint density at radius 2 is 1.92 bits per heavy atom. The van der Waals surface area contributed by atoms with Gasteiger partial charge in [0.1, 0.15) is 12.1 Å². The van der Waals surface area contributed by atoms with Crippen molar-refractivity contribution in [1.29, 1.82) is 0 Å². The van der Waals surface area contributed by atoms with E-state index < -0.39 is 0 Å². The van der Waals surface area contributed by atoms with E-state index in [1.807, 2.05) is 40.7 Å². The number of piperazine rings is 1. The van der Waals surface area contributed by atoms with Gasteiger partial charge in [0.15, 0.2) is 5.82 Å². The predicted molar refractivity (Wildman–Crippen MR) is 91.6 cm³/mol. The highest BCUT2D eigenvalue weighted by atomic mass is 32.1. The van der Waals surface area contributed by atoms with Gasteiger partial charge in [0, 0.05) is 44.6 Å². The van der Waals surface area contributed by atoms with E-state index in [1.165, 1.54) is 11.3 Å². The van der Waals surface area contributed by atoms with Crippen LogP contribution in [0.25, 0.3) is 5.82 Å². The summed E-state index contributed by atoms with van der Waals surface area (Å²) in [4.78, 5) is 25.9. The normalized spacial score (nSPS) is 14.8. The number of rotatable bonds is 3. The van der Waals surface area contributed by atoms with Crippen molar-refractivity contribution in [2.45, 2.75) is 0 Å². The van der Waals surface area contributed by atoms with E-state index in [9.17, 15) is 4.79 Å². The molecule has 0 spiro atoms. The van der Waals surface area contributed by atoms with Crippen LogP contribution in [-0.2, 0) is 0 Å². The Bertz CT molecular complexity index is 809. The highest BCUT2D eigenvalue weighted by Gasteiger charge is 2.23. The van der Waals surface area contributed by atoms with Gasteiger partial charge in [-0.25, -0.2) is 14.6 Å². The molecule has 0 bridgehead atoms. The largest absolute Gasteiger partial charge is 0.353 e. The fourth-order valence-electron chi connectivity index (χ4n) is 2.73. The molecule has 0 atom stereocenters. The topological polar surface area (TPSA) is 67.2 Å². The zero-order chi connectivity index (χ0) is 16.4. The van der Waals surface area contributed by atoms with Gasteiger partial charge in [-0.15, -0.1) is 11.3 Å². The van der Waals surface area contributed by atoms with E-state index >= 15 is 0 Å². The Hall–Kier alpha value is -2.74. The van der Waals surface area contributed by atoms with Gasteiger partial charge < -0.3 is 9.80 Å². The molecule has 1 aliphatic rings. The smallest absolute Gasteiger partial charge is 0.264 e. The molecule has 0 saturated carbocycles. The second-order valence-corrected chi connectivity index (χ2v) is 6.39. The second kappa shape index (κ2) is 6.40. The molecule has 3 aromatic rings. The lowest BCUT2D eigenvalue weighted by Gasteiger charge is -2.35. The molecular formula is C16H16N6OS. The van der Waals surface area contributed by atoms with Crippen LogP contribution in [0.1, 0.15) is 9.67 Å². The van der Waals surface area contributed by atoms with Crippen LogP contribution >= 0.6 is 11.3 Å². The van der Waals surface area contributed by atoms with Crippen LogP contribution in [-0.4, -0.2) is 56.7 Å². The molecule has 0 aromatic carbocycles. The summed E-state index contributed by atoms with van der Waals surface area (Å²) < 4.78 is 1.71. The number of hydrogen-bond donors (Lipinski definition) is 0. The summed E-state index contributed by atoms with van der Waals surface area (Å²) in [6.45, 7) is 2.90. The molecule has 3 aromatic heterocycles. The van der Waals surface area contributed by atoms with E-state index in [-0.39, 0.29) is 5.91 Å². The number of carbonyl (C=O) groups excluding carboxylic acids is 1. The maximum absolute atomic E-state index is 12.4. The third-order valence-electron chi connectivity index (χ3n) is 4.00. The third kappa shape index (κ3) is 2.88. The highest BCUT2D eigenvalue weighted by Crippen LogP contribution is 2.18. The Labute approximate surface area is 143 Å². The fourth-order valence-corrected chi connectivity index (χ4v) is 3.43. The van der Waals surface area contributed by atoms with Crippen LogP contribution in [0.15, 0.2) is 48.4 Å². The van der Waals surface area contributed by atoms with E-state index in [1.54, 1.807) is 17.2 Å². The van der Waals surface area contributed by atoms with Gasteiger partial charge in [-0.3, -0.25) is 4.79 Å². The van der Waals surface area contributed by atoms with E-state index in [0.717, 1.165) is 29.6 Å². The molecular weight excluding hydrogens is 324 g/mol. The summed E-state index contributed by atoms with van der Waals surface area (Å²) in [5.41, 5.74) is 0. The van der Waals surface area contributed by atoms with Crippen LogP contribution in [0.2, 0.25) is 0 Å². The minimum atomic E-state index is 0.115. The van der Waals surface area contributed by atoms with Crippen molar-refractivity contribution in [2.24, 2.45) is 0 Å². The third-order valence-corrected chi connectivity index (χ3v) is 4.86. The molecule has 1 amide bonds. The lowest BCUT2D eigenvalue weighted by molar-refractivity contribution is 0.0751. The van der Waals surface area contributed by atoms with Gasteiger partial charge in [0.25, 0.3) is 5.91 Å². The number of amides is 1. The summed E-state index contributed by atoms with van der Waals surface area (Å²) in [6, 6.07) is 7.56. The van der Waals surface area contributed by atoms with Crippen molar-refractivity contribution in [3.8, 4) is 5.82 Å². The predicted octanol–water partition coefficient (Wildman–Crippen LogP) is 1.69. The van der Waals surface area contributed by atoms with Gasteiger partial charge in [0.05, 0.1) is 4.88 Å². The SMILES string of the molecule is O=C(c1cccs1)N1CCN(c2cc(-n3cccn3)ncn2)CC1. The van der Waals surface area contributed by atoms with Crippen LogP contribution in [0.3, 0.4) is 0 Å². The molecule has 0 radical (unpaired) electrons. The van der Waals surface area contributed by atoms with Crippen LogP contribution < -0.4 is 4.90 Å². The molecule has 1 fully saturated rings. The highest BCUT2D eigenvalue weighted by molar-refractivity contribution is 7.12. The summed E-state index contributed by atoms with van der Waals surface area (Å²) in [5.74, 6) is 1.71. The number of carbonyl (C=O) groups is 1. The van der Waals surface area contributed by atoms with E-state index in [2.05, 4.69) is 20.0 Å². The van der Waals surface area contributed by atoms with Crippen molar-refractivity contribution in [2.75, 3.05) is 31.1 Å². The monoisotopic (exact) mass is 340 g/mol. The fraction of sp³-hybridized carbons (Fsp3) is 0.250. The van der Waals surface area contributed by atoms with Crippen LogP contribution in [0.4, 0.5) is 5.82 Å². The summed E-state index contributed by atoms with van der Waals surface area (Å²) in [5, 5.41) is 6.12. The van der Waals surface area contributed by atoms with Crippen molar-refractivity contribution < 1.29 is 4.79 Å². The number of anilines is 1. The van der Waals surface area contributed by atoms with Gasteiger partial charge in [-0.05, 0) is 17.5 Å². The summed E-state index contributed by atoms with van der Waals surface area (Å²) >= 11 is 1.49. The van der Waals surface area contributed by atoms with Gasteiger partial charge in [0.2, 0.25) is 0 Å². The zero-order valence-corrected chi connectivity index (χ0v) is 13.8.